The number of rotatable bonds is 7. The molecule has 138 valence electrons. The number of nitrogens with zero attached hydrogens (tertiary/aromatic N) is 2. The minimum Gasteiger partial charge on any atom is -0.497 e. The van der Waals surface area contributed by atoms with Crippen molar-refractivity contribution in [2.45, 2.75) is 19.9 Å². The SMILES string of the molecule is COc1ccc(N)c(N=NC(C)/C=C(\C)Nc2cc(OC)ccc2N)c1. The van der Waals surface area contributed by atoms with Gasteiger partial charge in [-0.25, -0.2) is 0 Å². The van der Waals surface area contributed by atoms with E-state index in [-0.39, 0.29) is 6.04 Å². The summed E-state index contributed by atoms with van der Waals surface area (Å²) in [5.41, 5.74) is 15.3. The molecule has 0 radical (unpaired) electrons. The zero-order valence-corrected chi connectivity index (χ0v) is 15.5. The van der Waals surface area contributed by atoms with Crippen LogP contribution in [0.5, 0.6) is 11.5 Å². The number of ether oxygens (including phenoxy) is 2. The Labute approximate surface area is 153 Å². The Kier molecular flexibility index (Phi) is 6.43. The van der Waals surface area contributed by atoms with Crippen molar-refractivity contribution in [3.63, 3.8) is 0 Å². The molecule has 0 saturated carbocycles. The molecule has 0 aliphatic heterocycles. The Morgan fingerprint density at radius 1 is 1.04 bits per heavy atom. The highest BCUT2D eigenvalue weighted by molar-refractivity contribution is 5.70. The molecule has 2 rings (SSSR count). The molecule has 0 amide bonds. The van der Waals surface area contributed by atoms with E-state index in [1.807, 2.05) is 32.1 Å². The standard InChI is InChI=1S/C19H25N5O2/c1-12(22-18-10-14(25-3)5-7-16(18)20)9-13(2)23-24-19-11-15(26-4)6-8-17(19)21/h5-11,13,22H,20-21H2,1-4H3/b12-9+,24-23?. The van der Waals surface area contributed by atoms with Crippen molar-refractivity contribution in [3.05, 3.63) is 48.2 Å². The first-order valence-corrected chi connectivity index (χ1v) is 8.16. The quantitative estimate of drug-likeness (QED) is 0.505. The molecule has 0 heterocycles. The number of nitrogens with one attached hydrogen (secondary N) is 1. The van der Waals surface area contributed by atoms with Crippen molar-refractivity contribution in [1.29, 1.82) is 0 Å². The summed E-state index contributed by atoms with van der Waals surface area (Å²) in [6.07, 6.45) is 1.94. The molecule has 0 bridgehead atoms. The van der Waals surface area contributed by atoms with E-state index in [4.69, 9.17) is 20.9 Å². The van der Waals surface area contributed by atoms with Gasteiger partial charge in [0.05, 0.1) is 37.3 Å². The van der Waals surface area contributed by atoms with Gasteiger partial charge in [-0.15, -0.1) is 0 Å². The van der Waals surface area contributed by atoms with Crippen molar-refractivity contribution in [2.75, 3.05) is 31.0 Å². The molecule has 1 atom stereocenters. The molecule has 7 nitrogen and oxygen atoms in total. The van der Waals surface area contributed by atoms with E-state index in [0.717, 1.165) is 17.1 Å². The first kappa shape index (κ1) is 19.1. The topological polar surface area (TPSA) is 107 Å². The fourth-order valence-corrected chi connectivity index (χ4v) is 2.31. The maximum atomic E-state index is 5.99. The Balaban J connectivity index is 2.09. The number of allylic oxidation sites excluding steroid dienone is 1. The van der Waals surface area contributed by atoms with Gasteiger partial charge in [0.2, 0.25) is 0 Å². The Hall–Kier alpha value is -3.22. The molecule has 2 aromatic carbocycles. The van der Waals surface area contributed by atoms with Crippen LogP contribution in [0.3, 0.4) is 0 Å². The Morgan fingerprint density at radius 3 is 2.31 bits per heavy atom. The second-order valence-electron chi connectivity index (χ2n) is 5.81. The predicted molar refractivity (Wildman–Crippen MR) is 106 cm³/mol. The number of hydrogen-bond acceptors (Lipinski definition) is 7. The predicted octanol–water partition coefficient (Wildman–Crippen LogP) is 4.36. The molecule has 0 fully saturated rings. The van der Waals surface area contributed by atoms with E-state index in [2.05, 4.69) is 15.5 Å². The van der Waals surface area contributed by atoms with Gasteiger partial charge in [0.1, 0.15) is 17.2 Å². The normalized spacial score (nSPS) is 12.8. The smallest absolute Gasteiger partial charge is 0.121 e. The number of anilines is 3. The van der Waals surface area contributed by atoms with Crippen LogP contribution in [0.25, 0.3) is 0 Å². The summed E-state index contributed by atoms with van der Waals surface area (Å²) in [6.45, 7) is 3.87. The zero-order chi connectivity index (χ0) is 19.1. The molecule has 0 aromatic heterocycles. The summed E-state index contributed by atoms with van der Waals surface area (Å²) in [6, 6.07) is 10.6. The summed E-state index contributed by atoms with van der Waals surface area (Å²) >= 11 is 0. The first-order valence-electron chi connectivity index (χ1n) is 8.16. The fourth-order valence-electron chi connectivity index (χ4n) is 2.31. The summed E-state index contributed by atoms with van der Waals surface area (Å²) in [5, 5.41) is 11.8. The number of benzene rings is 2. The molecule has 0 saturated heterocycles. The molecule has 7 heteroatoms. The largest absolute Gasteiger partial charge is 0.497 e. The fraction of sp³-hybridized carbons (Fsp3) is 0.263. The van der Waals surface area contributed by atoms with Gasteiger partial charge in [-0.2, -0.15) is 10.2 Å². The molecule has 5 N–H and O–H groups in total. The summed E-state index contributed by atoms with van der Waals surface area (Å²) in [7, 11) is 3.21. The van der Waals surface area contributed by atoms with Crippen LogP contribution in [-0.2, 0) is 0 Å². The molecule has 0 aliphatic rings. The number of nitrogens with two attached hydrogens (primary N) is 2. The van der Waals surface area contributed by atoms with Gasteiger partial charge in [-0.05, 0) is 44.2 Å². The van der Waals surface area contributed by atoms with E-state index in [1.165, 1.54) is 0 Å². The van der Waals surface area contributed by atoms with Gasteiger partial charge >= 0.3 is 0 Å². The van der Waals surface area contributed by atoms with Gasteiger partial charge in [-0.1, -0.05) is 0 Å². The third-order valence-electron chi connectivity index (χ3n) is 3.67. The molecular formula is C19H25N5O2. The van der Waals surface area contributed by atoms with Crippen molar-refractivity contribution < 1.29 is 9.47 Å². The van der Waals surface area contributed by atoms with Crippen LogP contribution in [0.1, 0.15) is 13.8 Å². The van der Waals surface area contributed by atoms with Crippen LogP contribution >= 0.6 is 0 Å². The molecule has 26 heavy (non-hydrogen) atoms. The average molecular weight is 355 g/mol. The lowest BCUT2D eigenvalue weighted by Crippen LogP contribution is -2.03. The zero-order valence-electron chi connectivity index (χ0n) is 15.5. The first-order chi connectivity index (χ1) is 12.4. The lowest BCUT2D eigenvalue weighted by atomic mass is 10.2. The van der Waals surface area contributed by atoms with Crippen molar-refractivity contribution in [3.8, 4) is 11.5 Å². The lowest BCUT2D eigenvalue weighted by molar-refractivity contribution is 0.415. The highest BCUT2D eigenvalue weighted by atomic mass is 16.5. The van der Waals surface area contributed by atoms with E-state index in [9.17, 15) is 0 Å². The van der Waals surface area contributed by atoms with Gasteiger partial charge in [0.15, 0.2) is 0 Å². The molecular weight excluding hydrogens is 330 g/mol. The monoisotopic (exact) mass is 355 g/mol. The second kappa shape index (κ2) is 8.75. The molecule has 2 aromatic rings. The van der Waals surface area contributed by atoms with Crippen molar-refractivity contribution in [2.24, 2.45) is 10.2 Å². The van der Waals surface area contributed by atoms with E-state index >= 15 is 0 Å². The van der Waals surface area contributed by atoms with Crippen LogP contribution < -0.4 is 26.3 Å². The average Bonchev–Trinajstić information content (AvgIpc) is 2.62. The maximum absolute atomic E-state index is 5.99. The number of hydrogen-bond donors (Lipinski definition) is 3. The van der Waals surface area contributed by atoms with Crippen LogP contribution in [-0.4, -0.2) is 20.3 Å². The van der Waals surface area contributed by atoms with Crippen LogP contribution in [0, 0.1) is 0 Å². The van der Waals surface area contributed by atoms with Gasteiger partial charge in [0, 0.05) is 17.8 Å². The van der Waals surface area contributed by atoms with E-state index in [1.54, 1.807) is 38.5 Å². The Bertz CT molecular complexity index is 818. The molecule has 0 spiro atoms. The Morgan fingerprint density at radius 2 is 1.65 bits per heavy atom. The second-order valence-corrected chi connectivity index (χ2v) is 5.81. The summed E-state index contributed by atoms with van der Waals surface area (Å²) in [5.74, 6) is 1.42. The van der Waals surface area contributed by atoms with Crippen LogP contribution in [0.2, 0.25) is 0 Å². The number of nitrogen functional groups attached to an aromatic ring is 2. The van der Waals surface area contributed by atoms with E-state index in [0.29, 0.717) is 22.8 Å². The maximum Gasteiger partial charge on any atom is 0.121 e. The van der Waals surface area contributed by atoms with Gasteiger partial charge in [0.25, 0.3) is 0 Å². The minimum atomic E-state index is -0.153. The summed E-state index contributed by atoms with van der Waals surface area (Å²) < 4.78 is 10.4. The number of methoxy groups -OCH3 is 2. The number of azo groups is 1. The highest BCUT2D eigenvalue weighted by Gasteiger charge is 2.04. The van der Waals surface area contributed by atoms with Gasteiger partial charge < -0.3 is 26.3 Å². The third-order valence-corrected chi connectivity index (χ3v) is 3.67. The molecule has 0 aliphatic carbocycles. The summed E-state index contributed by atoms with van der Waals surface area (Å²) in [4.78, 5) is 0. The molecule has 1 unspecified atom stereocenters. The van der Waals surface area contributed by atoms with E-state index < -0.39 is 0 Å². The minimum absolute atomic E-state index is 0.153. The third kappa shape index (κ3) is 5.14. The van der Waals surface area contributed by atoms with Crippen LogP contribution in [0.4, 0.5) is 22.7 Å². The highest BCUT2D eigenvalue weighted by Crippen LogP contribution is 2.28. The lowest BCUT2D eigenvalue weighted by Gasteiger charge is -2.12. The van der Waals surface area contributed by atoms with Crippen LogP contribution in [0.15, 0.2) is 58.4 Å². The van der Waals surface area contributed by atoms with Gasteiger partial charge in [-0.3, -0.25) is 0 Å². The van der Waals surface area contributed by atoms with Crippen molar-refractivity contribution >= 4 is 22.7 Å². The van der Waals surface area contributed by atoms with Crippen molar-refractivity contribution in [1.82, 2.24) is 0 Å².